The molecule has 4 heteroatoms. The van der Waals surface area contributed by atoms with Gasteiger partial charge in [0.1, 0.15) is 5.72 Å². The Morgan fingerprint density at radius 2 is 2.07 bits per heavy atom. The third kappa shape index (κ3) is 1.24. The number of hydrogen-bond acceptors (Lipinski definition) is 3. The van der Waals surface area contributed by atoms with E-state index in [0.29, 0.717) is 18.6 Å². The molecule has 2 atom stereocenters. The molecule has 3 saturated heterocycles. The number of nitrogens with zero attached hydrogens (tertiary/aromatic N) is 1. The summed E-state index contributed by atoms with van der Waals surface area (Å²) in [6.45, 7) is 6.18. The van der Waals surface area contributed by atoms with Crippen molar-refractivity contribution in [2.75, 3.05) is 19.8 Å². The van der Waals surface area contributed by atoms with Crippen LogP contribution >= 0.6 is 0 Å². The van der Waals surface area contributed by atoms with E-state index in [2.05, 4.69) is 0 Å². The van der Waals surface area contributed by atoms with Crippen molar-refractivity contribution in [2.45, 2.75) is 32.0 Å². The van der Waals surface area contributed by atoms with E-state index < -0.39 is 5.72 Å². The van der Waals surface area contributed by atoms with Crippen LogP contribution in [0.15, 0.2) is 0 Å². The Balaban J connectivity index is 1.81. The lowest BCUT2D eigenvalue weighted by atomic mass is 9.88. The van der Waals surface area contributed by atoms with Crippen LogP contribution in [0.25, 0.3) is 0 Å². The lowest BCUT2D eigenvalue weighted by Crippen LogP contribution is -2.46. The fourth-order valence-electron chi connectivity index (χ4n) is 2.96. The van der Waals surface area contributed by atoms with Gasteiger partial charge in [-0.2, -0.15) is 0 Å². The lowest BCUT2D eigenvalue weighted by molar-refractivity contribution is -0.152. The summed E-state index contributed by atoms with van der Waals surface area (Å²) in [5, 5.41) is 0. The molecule has 3 rings (SSSR count). The number of fused-ring (bicyclic) bond motifs is 1. The first-order chi connectivity index (χ1) is 7.09. The van der Waals surface area contributed by atoms with Crippen molar-refractivity contribution in [3.8, 4) is 0 Å². The number of rotatable bonds is 1. The fourth-order valence-corrected chi connectivity index (χ4v) is 2.96. The van der Waals surface area contributed by atoms with E-state index >= 15 is 0 Å². The number of carbonyl (C=O) groups is 1. The summed E-state index contributed by atoms with van der Waals surface area (Å²) < 4.78 is 10.8. The van der Waals surface area contributed by atoms with Crippen LogP contribution < -0.4 is 0 Å². The van der Waals surface area contributed by atoms with Gasteiger partial charge in [0.15, 0.2) is 0 Å². The van der Waals surface area contributed by atoms with Gasteiger partial charge in [0.25, 0.3) is 0 Å². The molecular formula is C11H17NO3. The van der Waals surface area contributed by atoms with Gasteiger partial charge < -0.3 is 14.4 Å². The van der Waals surface area contributed by atoms with Crippen LogP contribution in [0.1, 0.15) is 20.3 Å². The molecule has 0 saturated carbocycles. The maximum Gasteiger partial charge on any atom is 0.228 e. The zero-order valence-corrected chi connectivity index (χ0v) is 9.23. The normalized spacial score (nSPS) is 39.3. The maximum atomic E-state index is 12.2. The first-order valence-corrected chi connectivity index (χ1v) is 5.64. The van der Waals surface area contributed by atoms with Crippen molar-refractivity contribution in [3.05, 3.63) is 0 Å². The average molecular weight is 211 g/mol. The number of hydrogen-bond donors (Lipinski definition) is 0. The van der Waals surface area contributed by atoms with E-state index in [9.17, 15) is 4.79 Å². The summed E-state index contributed by atoms with van der Waals surface area (Å²) in [6.07, 6.45) is 0.955. The predicted octanol–water partition coefficient (Wildman–Crippen LogP) is 0.616. The zero-order chi connectivity index (χ0) is 10.6. The van der Waals surface area contributed by atoms with Crippen LogP contribution in [0.3, 0.4) is 0 Å². The van der Waals surface area contributed by atoms with E-state index in [1.165, 1.54) is 0 Å². The predicted molar refractivity (Wildman–Crippen MR) is 53.1 cm³/mol. The molecule has 4 nitrogen and oxygen atoms in total. The third-order valence-electron chi connectivity index (χ3n) is 3.89. The number of ether oxygens (including phenoxy) is 2. The van der Waals surface area contributed by atoms with Gasteiger partial charge in [-0.05, 0) is 20.3 Å². The van der Waals surface area contributed by atoms with Gasteiger partial charge >= 0.3 is 0 Å². The van der Waals surface area contributed by atoms with Crippen LogP contribution in [0.2, 0.25) is 0 Å². The van der Waals surface area contributed by atoms with Gasteiger partial charge in [-0.3, -0.25) is 4.79 Å². The zero-order valence-electron chi connectivity index (χ0n) is 9.23. The highest BCUT2D eigenvalue weighted by Crippen LogP contribution is 2.41. The molecule has 0 radical (unpaired) electrons. The van der Waals surface area contributed by atoms with E-state index in [-0.39, 0.29) is 11.8 Å². The molecule has 3 aliphatic rings. The third-order valence-corrected chi connectivity index (χ3v) is 3.89. The Bertz CT molecular complexity index is 298. The second-order valence-electron chi connectivity index (χ2n) is 5.26. The molecule has 0 aromatic heterocycles. The molecule has 0 aliphatic carbocycles. The second-order valence-corrected chi connectivity index (χ2v) is 5.26. The molecular weight excluding hydrogens is 194 g/mol. The quantitative estimate of drug-likeness (QED) is 0.638. The molecule has 3 fully saturated rings. The lowest BCUT2D eigenvalue weighted by Gasteiger charge is -2.33. The van der Waals surface area contributed by atoms with Gasteiger partial charge in [-0.1, -0.05) is 0 Å². The monoisotopic (exact) mass is 211 g/mol. The summed E-state index contributed by atoms with van der Waals surface area (Å²) >= 11 is 0. The Labute approximate surface area is 89.5 Å². The van der Waals surface area contributed by atoms with Crippen molar-refractivity contribution in [3.63, 3.8) is 0 Å². The molecule has 0 bridgehead atoms. The summed E-state index contributed by atoms with van der Waals surface area (Å²) in [7, 11) is 0. The van der Waals surface area contributed by atoms with Crippen molar-refractivity contribution in [1.82, 2.24) is 4.90 Å². The largest absolute Gasteiger partial charge is 0.381 e. The van der Waals surface area contributed by atoms with E-state index in [0.717, 1.165) is 19.6 Å². The summed E-state index contributed by atoms with van der Waals surface area (Å²) in [6, 6.07) is 0.304. The number of carbonyl (C=O) groups excluding carboxylic acids is 1. The number of amides is 1. The molecule has 0 N–H and O–H groups in total. The van der Waals surface area contributed by atoms with Gasteiger partial charge in [0, 0.05) is 11.8 Å². The minimum absolute atomic E-state index is 0.187. The Morgan fingerprint density at radius 1 is 1.33 bits per heavy atom. The second kappa shape index (κ2) is 2.95. The highest BCUT2D eigenvalue weighted by Gasteiger charge is 2.54. The van der Waals surface area contributed by atoms with E-state index in [1.807, 2.05) is 18.7 Å². The Morgan fingerprint density at radius 3 is 2.60 bits per heavy atom. The molecule has 15 heavy (non-hydrogen) atoms. The molecule has 3 heterocycles. The summed E-state index contributed by atoms with van der Waals surface area (Å²) in [5.74, 6) is 0.918. The Hall–Kier alpha value is -0.610. The maximum absolute atomic E-state index is 12.2. The van der Waals surface area contributed by atoms with Crippen LogP contribution in [0, 0.1) is 11.8 Å². The van der Waals surface area contributed by atoms with Crippen LogP contribution in [-0.4, -0.2) is 42.4 Å². The fraction of sp³-hybridized carbons (Fsp3) is 0.909. The summed E-state index contributed by atoms with van der Waals surface area (Å²) in [5.41, 5.74) is -0.402. The van der Waals surface area contributed by atoms with Gasteiger partial charge in [-0.25, -0.2) is 0 Å². The average Bonchev–Trinajstić information content (AvgIpc) is 2.52. The van der Waals surface area contributed by atoms with Gasteiger partial charge in [0.2, 0.25) is 5.91 Å². The van der Waals surface area contributed by atoms with E-state index in [1.54, 1.807) is 0 Å². The van der Waals surface area contributed by atoms with Crippen LogP contribution in [0.5, 0.6) is 0 Å². The minimum atomic E-state index is -0.402. The topological polar surface area (TPSA) is 38.8 Å². The van der Waals surface area contributed by atoms with Crippen molar-refractivity contribution in [1.29, 1.82) is 0 Å². The van der Waals surface area contributed by atoms with Gasteiger partial charge in [0.05, 0.1) is 25.9 Å². The SMILES string of the molecule is CC1(C)OCC2CC(C3COC3)C(=O)N21. The van der Waals surface area contributed by atoms with Crippen LogP contribution in [0.4, 0.5) is 0 Å². The van der Waals surface area contributed by atoms with E-state index in [4.69, 9.17) is 9.47 Å². The van der Waals surface area contributed by atoms with Crippen molar-refractivity contribution < 1.29 is 14.3 Å². The molecule has 0 aromatic carbocycles. The molecule has 0 aromatic rings. The highest BCUT2D eigenvalue weighted by molar-refractivity contribution is 5.83. The van der Waals surface area contributed by atoms with Gasteiger partial charge in [-0.15, -0.1) is 0 Å². The first-order valence-electron chi connectivity index (χ1n) is 5.64. The Kier molecular flexibility index (Phi) is 1.89. The smallest absolute Gasteiger partial charge is 0.228 e. The van der Waals surface area contributed by atoms with Crippen molar-refractivity contribution >= 4 is 5.91 Å². The molecule has 0 spiro atoms. The minimum Gasteiger partial charge on any atom is -0.381 e. The summed E-state index contributed by atoms with van der Waals surface area (Å²) in [4.78, 5) is 14.2. The molecule has 1 amide bonds. The highest BCUT2D eigenvalue weighted by atomic mass is 16.5. The molecule has 84 valence electrons. The van der Waals surface area contributed by atoms with Crippen molar-refractivity contribution in [2.24, 2.45) is 11.8 Å². The first kappa shape index (κ1) is 9.60. The standard InChI is InChI=1S/C11H17NO3/c1-11(2)12-8(6-15-11)3-9(10(12)13)7-4-14-5-7/h7-9H,3-6H2,1-2H3. The molecule has 3 aliphatic heterocycles. The molecule has 2 unspecified atom stereocenters. The van der Waals surface area contributed by atoms with Crippen LogP contribution in [-0.2, 0) is 14.3 Å².